The molecule has 0 amide bonds. The summed E-state index contributed by atoms with van der Waals surface area (Å²) in [7, 11) is 0. The average Bonchev–Trinajstić information content (AvgIpc) is 3.23. The molecule has 0 aliphatic carbocycles. The van der Waals surface area contributed by atoms with E-state index in [-0.39, 0.29) is 22.4 Å². The Bertz CT molecular complexity index is 1270. The fraction of sp³-hybridized carbons (Fsp3) is 0.143. The van der Waals surface area contributed by atoms with Crippen LogP contribution in [0.5, 0.6) is 0 Å². The van der Waals surface area contributed by atoms with Crippen molar-refractivity contribution in [2.45, 2.75) is 13.0 Å². The Morgan fingerprint density at radius 1 is 1.10 bits per heavy atom. The van der Waals surface area contributed by atoms with Crippen LogP contribution in [0.25, 0.3) is 22.3 Å². The molecule has 2 heterocycles. The van der Waals surface area contributed by atoms with E-state index in [2.05, 4.69) is 10.3 Å². The minimum Gasteiger partial charge on any atom is -0.453 e. The van der Waals surface area contributed by atoms with Gasteiger partial charge in [-0.25, -0.2) is 18.2 Å². The molecular formula is C21H17F3N4O2. The van der Waals surface area contributed by atoms with Crippen LogP contribution in [0.3, 0.4) is 0 Å². The van der Waals surface area contributed by atoms with Crippen LogP contribution in [0, 0.1) is 17.5 Å². The lowest BCUT2D eigenvalue weighted by atomic mass is 10.1. The molecule has 154 valence electrons. The van der Waals surface area contributed by atoms with Crippen LogP contribution in [0.2, 0.25) is 0 Å². The summed E-state index contributed by atoms with van der Waals surface area (Å²) >= 11 is 0. The average molecular weight is 414 g/mol. The lowest BCUT2D eigenvalue weighted by molar-refractivity contribution is 0.546. The Morgan fingerprint density at radius 3 is 2.67 bits per heavy atom. The molecule has 3 N–H and O–H groups in total. The number of hydrogen-bond acceptors (Lipinski definition) is 5. The van der Waals surface area contributed by atoms with Crippen LogP contribution < -0.4 is 16.5 Å². The van der Waals surface area contributed by atoms with Crippen molar-refractivity contribution in [1.82, 2.24) is 9.55 Å². The van der Waals surface area contributed by atoms with Crippen LogP contribution in [0.15, 0.2) is 58.3 Å². The third kappa shape index (κ3) is 3.73. The largest absolute Gasteiger partial charge is 0.453 e. The van der Waals surface area contributed by atoms with Gasteiger partial charge in [0.2, 0.25) is 0 Å². The predicted octanol–water partition coefficient (Wildman–Crippen LogP) is 4.16. The summed E-state index contributed by atoms with van der Waals surface area (Å²) in [6.45, 7) is 1.28. The van der Waals surface area contributed by atoms with Gasteiger partial charge in [0, 0.05) is 43.2 Å². The number of anilines is 2. The van der Waals surface area contributed by atoms with Crippen molar-refractivity contribution in [1.29, 1.82) is 0 Å². The monoisotopic (exact) mass is 414 g/mol. The molecule has 0 aliphatic rings. The lowest BCUT2D eigenvalue weighted by Gasteiger charge is -2.10. The quantitative estimate of drug-likeness (QED) is 0.366. The fourth-order valence-corrected chi connectivity index (χ4v) is 3.15. The summed E-state index contributed by atoms with van der Waals surface area (Å²) in [4.78, 5) is 16.3. The fourth-order valence-electron chi connectivity index (χ4n) is 3.15. The molecular weight excluding hydrogens is 397 g/mol. The number of imidazole rings is 1. The molecule has 2 aromatic carbocycles. The molecule has 0 saturated carbocycles. The van der Waals surface area contributed by atoms with Gasteiger partial charge in [-0.2, -0.15) is 0 Å². The molecule has 0 fully saturated rings. The van der Waals surface area contributed by atoms with E-state index in [9.17, 15) is 18.0 Å². The van der Waals surface area contributed by atoms with Gasteiger partial charge in [0.1, 0.15) is 17.4 Å². The van der Waals surface area contributed by atoms with E-state index in [0.29, 0.717) is 12.6 Å². The van der Waals surface area contributed by atoms with E-state index in [1.165, 1.54) is 18.2 Å². The minimum absolute atomic E-state index is 0.0528. The van der Waals surface area contributed by atoms with Gasteiger partial charge in [-0.3, -0.25) is 4.79 Å². The van der Waals surface area contributed by atoms with Gasteiger partial charge in [0.15, 0.2) is 16.8 Å². The standard InChI is InChI=1S/C21H17F3N4O2/c22-13-8-12(2-3-16(13)27-4-1-6-28-7-5-26-11-28)18-10-17(29)19-20(25)14(23)9-15(24)21(19)30-18/h2-3,5,7-11,27H,1,4,6,25H2. The first kappa shape index (κ1) is 19.6. The summed E-state index contributed by atoms with van der Waals surface area (Å²) in [5.41, 5.74) is 4.37. The number of aromatic nitrogens is 2. The Hall–Kier alpha value is -3.75. The van der Waals surface area contributed by atoms with Crippen LogP contribution >= 0.6 is 0 Å². The molecule has 0 atom stereocenters. The third-order valence-electron chi connectivity index (χ3n) is 4.67. The number of benzene rings is 2. The molecule has 4 aromatic rings. The molecule has 0 unspecified atom stereocenters. The maximum atomic E-state index is 14.5. The maximum absolute atomic E-state index is 14.5. The lowest BCUT2D eigenvalue weighted by Crippen LogP contribution is -2.08. The number of halogens is 3. The molecule has 6 nitrogen and oxygen atoms in total. The zero-order chi connectivity index (χ0) is 21.3. The Labute approximate surface area is 168 Å². The highest BCUT2D eigenvalue weighted by atomic mass is 19.1. The molecule has 0 saturated heterocycles. The van der Waals surface area contributed by atoms with E-state index in [1.54, 1.807) is 12.5 Å². The van der Waals surface area contributed by atoms with Crippen molar-refractivity contribution >= 4 is 22.3 Å². The molecule has 0 bridgehead atoms. The molecule has 0 radical (unpaired) electrons. The Morgan fingerprint density at radius 2 is 1.93 bits per heavy atom. The van der Waals surface area contributed by atoms with Gasteiger partial charge >= 0.3 is 0 Å². The number of fused-ring (bicyclic) bond motifs is 1. The van der Waals surface area contributed by atoms with E-state index in [0.717, 1.165) is 19.0 Å². The summed E-state index contributed by atoms with van der Waals surface area (Å²) in [6.07, 6.45) is 6.00. The first-order valence-electron chi connectivity index (χ1n) is 9.15. The zero-order valence-electron chi connectivity index (χ0n) is 15.7. The summed E-state index contributed by atoms with van der Waals surface area (Å²) in [6, 6.07) is 5.79. The van der Waals surface area contributed by atoms with Crippen molar-refractivity contribution in [3.05, 3.63) is 76.7 Å². The second-order valence-electron chi connectivity index (χ2n) is 6.71. The molecule has 0 aliphatic heterocycles. The van der Waals surface area contributed by atoms with Crippen LogP contribution in [-0.4, -0.2) is 16.1 Å². The second-order valence-corrected chi connectivity index (χ2v) is 6.71. The number of nitrogen functional groups attached to an aromatic ring is 1. The van der Waals surface area contributed by atoms with Gasteiger partial charge in [-0.05, 0) is 24.6 Å². The predicted molar refractivity (Wildman–Crippen MR) is 108 cm³/mol. The van der Waals surface area contributed by atoms with E-state index < -0.39 is 34.2 Å². The zero-order valence-corrected chi connectivity index (χ0v) is 15.7. The maximum Gasteiger partial charge on any atom is 0.195 e. The number of nitrogens with zero attached hydrogens (tertiary/aromatic N) is 2. The summed E-state index contributed by atoms with van der Waals surface area (Å²) in [5, 5.41) is 2.62. The molecule has 4 rings (SSSR count). The van der Waals surface area contributed by atoms with Crippen molar-refractivity contribution in [3.63, 3.8) is 0 Å². The topological polar surface area (TPSA) is 86.1 Å². The molecule has 9 heteroatoms. The van der Waals surface area contributed by atoms with Crippen LogP contribution in [-0.2, 0) is 6.54 Å². The van der Waals surface area contributed by atoms with Gasteiger partial charge in [0.05, 0.1) is 23.1 Å². The molecule has 30 heavy (non-hydrogen) atoms. The normalized spacial score (nSPS) is 11.2. The van der Waals surface area contributed by atoms with Gasteiger partial charge in [0.25, 0.3) is 0 Å². The van der Waals surface area contributed by atoms with E-state index in [4.69, 9.17) is 10.2 Å². The highest BCUT2D eigenvalue weighted by Gasteiger charge is 2.17. The highest BCUT2D eigenvalue weighted by molar-refractivity contribution is 5.90. The van der Waals surface area contributed by atoms with Crippen molar-refractivity contribution < 1.29 is 17.6 Å². The summed E-state index contributed by atoms with van der Waals surface area (Å²) < 4.78 is 49.6. The number of nitrogens with one attached hydrogen (secondary N) is 1. The van der Waals surface area contributed by atoms with E-state index >= 15 is 0 Å². The number of aryl methyl sites for hydroxylation is 1. The van der Waals surface area contributed by atoms with Crippen molar-refractivity contribution in [2.75, 3.05) is 17.6 Å². The van der Waals surface area contributed by atoms with Crippen LogP contribution in [0.1, 0.15) is 6.42 Å². The smallest absolute Gasteiger partial charge is 0.195 e. The first-order valence-corrected chi connectivity index (χ1v) is 9.15. The van der Waals surface area contributed by atoms with Gasteiger partial charge in [-0.15, -0.1) is 0 Å². The first-order chi connectivity index (χ1) is 14.4. The Kier molecular flexibility index (Phi) is 5.18. The van der Waals surface area contributed by atoms with E-state index in [1.807, 2.05) is 10.8 Å². The third-order valence-corrected chi connectivity index (χ3v) is 4.67. The molecule has 0 spiro atoms. The molecule has 2 aromatic heterocycles. The van der Waals surface area contributed by atoms with Crippen molar-refractivity contribution in [2.24, 2.45) is 0 Å². The SMILES string of the molecule is Nc1c(F)cc(F)c2oc(-c3ccc(NCCCn4ccnc4)c(F)c3)cc(=O)c12. The number of nitrogens with two attached hydrogens (primary N) is 1. The highest BCUT2D eigenvalue weighted by Crippen LogP contribution is 2.30. The van der Waals surface area contributed by atoms with Crippen molar-refractivity contribution in [3.8, 4) is 11.3 Å². The van der Waals surface area contributed by atoms with Gasteiger partial charge < -0.3 is 20.0 Å². The summed E-state index contributed by atoms with van der Waals surface area (Å²) in [5.74, 6) is -2.72. The van der Waals surface area contributed by atoms with Crippen LogP contribution in [0.4, 0.5) is 24.5 Å². The number of hydrogen-bond donors (Lipinski definition) is 2. The Balaban J connectivity index is 1.56. The van der Waals surface area contributed by atoms with Gasteiger partial charge in [-0.1, -0.05) is 0 Å². The number of rotatable bonds is 6. The minimum atomic E-state index is -1.06. The second kappa shape index (κ2) is 7.94.